The monoisotopic (exact) mass is 284 g/mol. The number of hydrogen-bond donors (Lipinski definition) is 1. The van der Waals surface area contributed by atoms with Crippen LogP contribution < -0.4 is 11.2 Å². The first-order valence-corrected chi connectivity index (χ1v) is 5.99. The Morgan fingerprint density at radius 2 is 2.00 bits per heavy atom. The van der Waals surface area contributed by atoms with Crippen LogP contribution in [-0.4, -0.2) is 34.2 Å². The molecular weight excluding hydrogens is 268 g/mol. The third-order valence-corrected chi connectivity index (χ3v) is 2.39. The van der Waals surface area contributed by atoms with E-state index >= 15 is 0 Å². The van der Waals surface area contributed by atoms with Crippen LogP contribution in [0.1, 0.15) is 20.3 Å². The second-order valence-electron chi connectivity index (χ2n) is 4.13. The minimum absolute atomic E-state index is 0.0764. The third-order valence-electron chi connectivity index (χ3n) is 2.39. The average Bonchev–Trinajstić information content (AvgIpc) is 2.33. The van der Waals surface area contributed by atoms with E-state index in [4.69, 9.17) is 9.47 Å². The highest BCUT2D eigenvalue weighted by atomic mass is 16.6. The lowest BCUT2D eigenvalue weighted by Crippen LogP contribution is -2.31. The molecule has 1 heterocycles. The van der Waals surface area contributed by atoms with Gasteiger partial charge < -0.3 is 14.0 Å². The summed E-state index contributed by atoms with van der Waals surface area (Å²) < 4.78 is 11.0. The lowest BCUT2D eigenvalue weighted by molar-refractivity contribution is -0.156. The fourth-order valence-corrected chi connectivity index (χ4v) is 1.52. The summed E-state index contributed by atoms with van der Waals surface area (Å²) in [6.07, 6.45) is 0.978. The third kappa shape index (κ3) is 5.51. The van der Waals surface area contributed by atoms with Gasteiger partial charge in [0.25, 0.3) is 5.56 Å². The summed E-state index contributed by atoms with van der Waals surface area (Å²) in [5, 5.41) is 0. The van der Waals surface area contributed by atoms with Crippen molar-refractivity contribution in [2.45, 2.75) is 32.9 Å². The van der Waals surface area contributed by atoms with Crippen molar-refractivity contribution in [1.29, 1.82) is 0 Å². The van der Waals surface area contributed by atoms with E-state index in [0.717, 1.165) is 0 Å². The largest absolute Gasteiger partial charge is 0.462 e. The van der Waals surface area contributed by atoms with Crippen LogP contribution in [0.4, 0.5) is 0 Å². The molecule has 0 aromatic carbocycles. The van der Waals surface area contributed by atoms with Crippen LogP contribution in [0.3, 0.4) is 0 Å². The van der Waals surface area contributed by atoms with Crippen molar-refractivity contribution >= 4 is 11.9 Å². The van der Waals surface area contributed by atoms with Crippen molar-refractivity contribution in [2.24, 2.45) is 0 Å². The highest BCUT2D eigenvalue weighted by Crippen LogP contribution is 2.02. The zero-order chi connectivity index (χ0) is 15.1. The van der Waals surface area contributed by atoms with Crippen LogP contribution in [0, 0.1) is 0 Å². The van der Waals surface area contributed by atoms with Gasteiger partial charge in [-0.2, -0.15) is 0 Å². The molecule has 0 fully saturated rings. The molecule has 0 spiro atoms. The second-order valence-corrected chi connectivity index (χ2v) is 4.13. The molecule has 110 valence electrons. The van der Waals surface area contributed by atoms with Crippen LogP contribution in [-0.2, 0) is 25.6 Å². The summed E-state index contributed by atoms with van der Waals surface area (Å²) in [5.41, 5.74) is -1.03. The van der Waals surface area contributed by atoms with Crippen LogP contribution >= 0.6 is 0 Å². The molecule has 1 rings (SSSR count). The molecule has 0 amide bonds. The molecule has 20 heavy (non-hydrogen) atoms. The van der Waals surface area contributed by atoms with Gasteiger partial charge in [0.15, 0.2) is 0 Å². The van der Waals surface area contributed by atoms with E-state index < -0.39 is 29.3 Å². The molecule has 1 aromatic rings. The van der Waals surface area contributed by atoms with Gasteiger partial charge in [-0.3, -0.25) is 19.4 Å². The first-order valence-electron chi connectivity index (χ1n) is 5.99. The Morgan fingerprint density at radius 1 is 1.30 bits per heavy atom. The topological polar surface area (TPSA) is 107 Å². The van der Waals surface area contributed by atoms with Gasteiger partial charge in [0, 0.05) is 39.1 Å². The van der Waals surface area contributed by atoms with Crippen molar-refractivity contribution in [3.05, 3.63) is 33.1 Å². The molecule has 0 radical (unpaired) electrons. The number of nitrogens with zero attached hydrogens (tertiary/aromatic N) is 1. The maximum atomic E-state index is 11.5. The number of carbonyl (C=O) groups excluding carboxylic acids is 2. The summed E-state index contributed by atoms with van der Waals surface area (Å²) in [6, 6.07) is 1.22. The average molecular weight is 284 g/mol. The van der Waals surface area contributed by atoms with Crippen LogP contribution in [0.15, 0.2) is 21.9 Å². The number of H-pyrrole nitrogens is 1. The van der Waals surface area contributed by atoms with Gasteiger partial charge in [-0.25, -0.2) is 4.79 Å². The number of aromatic amines is 1. The van der Waals surface area contributed by atoms with Crippen molar-refractivity contribution in [3.63, 3.8) is 0 Å². The molecule has 0 unspecified atom stereocenters. The predicted octanol–water partition coefficient (Wildman–Crippen LogP) is -0.578. The Balaban J connectivity index is 2.64. The lowest BCUT2D eigenvalue weighted by Gasteiger charge is -2.17. The van der Waals surface area contributed by atoms with E-state index in [2.05, 4.69) is 4.98 Å². The number of aryl methyl sites for hydroxylation is 1. The Kier molecular flexibility index (Phi) is 5.70. The normalized spacial score (nSPS) is 11.7. The number of aromatic nitrogens is 2. The highest BCUT2D eigenvalue weighted by Gasteiger charge is 2.14. The zero-order valence-corrected chi connectivity index (χ0v) is 11.3. The van der Waals surface area contributed by atoms with Crippen LogP contribution in [0.2, 0.25) is 0 Å². The molecule has 1 atom stereocenters. The molecular formula is C12H16N2O6. The number of esters is 2. The van der Waals surface area contributed by atoms with Gasteiger partial charge in [-0.1, -0.05) is 0 Å². The standard InChI is InChI=1S/C12H16N2O6/c1-8(15)19-7-10(20-9(2)16)3-5-14-6-4-11(17)13-12(14)18/h4,6,10H,3,5,7H2,1-2H3,(H,13,17,18)/t10-/m0/s1. The van der Waals surface area contributed by atoms with E-state index in [1.807, 2.05) is 0 Å². The number of nitrogens with one attached hydrogen (secondary N) is 1. The molecule has 8 heteroatoms. The van der Waals surface area contributed by atoms with E-state index in [9.17, 15) is 19.2 Å². The van der Waals surface area contributed by atoms with Crippen molar-refractivity contribution in [2.75, 3.05) is 6.61 Å². The van der Waals surface area contributed by atoms with Crippen molar-refractivity contribution in [3.8, 4) is 0 Å². The smallest absolute Gasteiger partial charge is 0.328 e. The molecule has 0 saturated heterocycles. The molecule has 0 saturated carbocycles. The molecule has 8 nitrogen and oxygen atoms in total. The Hall–Kier alpha value is -2.38. The molecule has 1 N–H and O–H groups in total. The molecule has 0 aliphatic rings. The van der Waals surface area contributed by atoms with Gasteiger partial charge in [0.05, 0.1) is 0 Å². The van der Waals surface area contributed by atoms with E-state index in [1.54, 1.807) is 0 Å². The SMILES string of the molecule is CC(=O)OC[C@H](CCn1ccc(=O)[nH]c1=O)OC(C)=O. The fraction of sp³-hybridized carbons (Fsp3) is 0.500. The second kappa shape index (κ2) is 7.27. The number of ether oxygens (including phenoxy) is 2. The Labute approximate surface area is 114 Å². The van der Waals surface area contributed by atoms with Gasteiger partial charge in [0.1, 0.15) is 12.7 Å². The molecule has 0 bridgehead atoms. The van der Waals surface area contributed by atoms with E-state index in [0.29, 0.717) is 0 Å². The quantitative estimate of drug-likeness (QED) is 0.700. The molecule has 0 aliphatic carbocycles. The Morgan fingerprint density at radius 3 is 2.55 bits per heavy atom. The molecule has 1 aromatic heterocycles. The zero-order valence-electron chi connectivity index (χ0n) is 11.3. The van der Waals surface area contributed by atoms with E-state index in [1.165, 1.54) is 30.7 Å². The maximum Gasteiger partial charge on any atom is 0.328 e. The number of hydrogen-bond acceptors (Lipinski definition) is 6. The fourth-order valence-electron chi connectivity index (χ4n) is 1.52. The van der Waals surface area contributed by atoms with E-state index in [-0.39, 0.29) is 19.6 Å². The summed E-state index contributed by atoms with van der Waals surface area (Å²) in [6.45, 7) is 2.63. The summed E-state index contributed by atoms with van der Waals surface area (Å²) in [4.78, 5) is 46.2. The first-order chi connectivity index (χ1) is 9.38. The van der Waals surface area contributed by atoms with Crippen molar-refractivity contribution in [1.82, 2.24) is 9.55 Å². The highest BCUT2D eigenvalue weighted by molar-refractivity contribution is 5.67. The van der Waals surface area contributed by atoms with Crippen LogP contribution in [0.25, 0.3) is 0 Å². The van der Waals surface area contributed by atoms with Crippen molar-refractivity contribution < 1.29 is 19.1 Å². The van der Waals surface area contributed by atoms with Crippen LogP contribution in [0.5, 0.6) is 0 Å². The van der Waals surface area contributed by atoms with Gasteiger partial charge in [-0.15, -0.1) is 0 Å². The minimum atomic E-state index is -0.643. The van der Waals surface area contributed by atoms with Gasteiger partial charge >= 0.3 is 17.6 Å². The molecule has 0 aliphatic heterocycles. The number of rotatable bonds is 6. The predicted molar refractivity (Wildman–Crippen MR) is 68.1 cm³/mol. The Bertz CT molecular complexity index is 588. The maximum absolute atomic E-state index is 11.5. The lowest BCUT2D eigenvalue weighted by atomic mass is 10.2. The summed E-state index contributed by atoms with van der Waals surface area (Å²) in [7, 11) is 0. The summed E-state index contributed by atoms with van der Waals surface area (Å²) in [5.74, 6) is -0.987. The first kappa shape index (κ1) is 15.7. The van der Waals surface area contributed by atoms with Gasteiger partial charge in [-0.05, 0) is 0 Å². The van der Waals surface area contributed by atoms with Gasteiger partial charge in [0.2, 0.25) is 0 Å². The summed E-state index contributed by atoms with van der Waals surface area (Å²) >= 11 is 0. The number of carbonyl (C=O) groups is 2. The minimum Gasteiger partial charge on any atom is -0.462 e.